The summed E-state index contributed by atoms with van der Waals surface area (Å²) < 4.78 is 26.0. The van der Waals surface area contributed by atoms with Gasteiger partial charge < -0.3 is 9.47 Å². The van der Waals surface area contributed by atoms with Crippen LogP contribution in [-0.2, 0) is 16.9 Å². The molecule has 1 unspecified atom stereocenters. The Morgan fingerprint density at radius 2 is 1.88 bits per heavy atom. The van der Waals surface area contributed by atoms with E-state index < -0.39 is 5.60 Å². The average molecular weight is 457 g/mol. The van der Waals surface area contributed by atoms with Crippen LogP contribution in [-0.4, -0.2) is 31.1 Å². The minimum atomic E-state index is -0.655. The number of ether oxygens (including phenoxy) is 2. The number of halogens is 1. The zero-order chi connectivity index (χ0) is 23.8. The van der Waals surface area contributed by atoms with Gasteiger partial charge in [0, 0.05) is 13.1 Å². The molecular weight excluding hydrogens is 427 g/mol. The zero-order valence-electron chi connectivity index (χ0n) is 19.3. The van der Waals surface area contributed by atoms with Crippen LogP contribution in [0.2, 0.25) is 0 Å². The van der Waals surface area contributed by atoms with Gasteiger partial charge in [0.1, 0.15) is 23.8 Å². The van der Waals surface area contributed by atoms with E-state index >= 15 is 0 Å². The number of hydrogen-bond donors (Lipinski definition) is 0. The molecule has 0 N–H and O–H groups in total. The molecule has 34 heavy (non-hydrogen) atoms. The molecule has 4 rings (SSSR count). The first kappa shape index (κ1) is 23.7. The van der Waals surface area contributed by atoms with Crippen molar-refractivity contribution < 1.29 is 13.9 Å². The summed E-state index contributed by atoms with van der Waals surface area (Å²) >= 11 is 0. The topological polar surface area (TPSA) is 45.5 Å². The summed E-state index contributed by atoms with van der Waals surface area (Å²) in [6.07, 6.45) is 3.52. The van der Waals surface area contributed by atoms with Crippen LogP contribution in [0.25, 0.3) is 0 Å². The van der Waals surface area contributed by atoms with Crippen molar-refractivity contribution in [1.82, 2.24) is 4.90 Å². The molecule has 1 atom stereocenters. The van der Waals surface area contributed by atoms with Crippen LogP contribution in [0.4, 0.5) is 4.39 Å². The summed E-state index contributed by atoms with van der Waals surface area (Å²) in [5, 5.41) is 9.29. The molecule has 0 spiro atoms. The van der Waals surface area contributed by atoms with E-state index in [2.05, 4.69) is 17.5 Å². The molecule has 3 aromatic carbocycles. The van der Waals surface area contributed by atoms with Gasteiger partial charge in [-0.1, -0.05) is 42.5 Å². The van der Waals surface area contributed by atoms with Crippen molar-refractivity contribution in [3.63, 3.8) is 0 Å². The first-order valence-electron chi connectivity index (χ1n) is 11.6. The summed E-state index contributed by atoms with van der Waals surface area (Å²) in [5.74, 6) is 0.594. The summed E-state index contributed by atoms with van der Waals surface area (Å²) in [7, 11) is 0. The molecule has 1 heterocycles. The van der Waals surface area contributed by atoms with E-state index in [-0.39, 0.29) is 5.82 Å². The highest BCUT2D eigenvalue weighted by Gasteiger charge is 2.41. The number of para-hydroxylation sites is 1. The Morgan fingerprint density at radius 1 is 1.09 bits per heavy atom. The molecule has 0 fully saturated rings. The highest BCUT2D eigenvalue weighted by atomic mass is 19.1. The van der Waals surface area contributed by atoms with Crippen LogP contribution in [0.15, 0.2) is 85.5 Å². The highest BCUT2D eigenvalue weighted by molar-refractivity contribution is 5.48. The maximum atomic E-state index is 13.7. The quantitative estimate of drug-likeness (QED) is 0.341. The summed E-state index contributed by atoms with van der Waals surface area (Å²) in [6, 6.07) is 24.3. The Bertz CT molecular complexity index is 1140. The number of fused-ring (bicyclic) bond motifs is 1. The normalized spacial score (nSPS) is 16.7. The first-order valence-corrected chi connectivity index (χ1v) is 11.6. The van der Waals surface area contributed by atoms with Crippen LogP contribution < -0.4 is 4.74 Å². The van der Waals surface area contributed by atoms with E-state index in [0.717, 1.165) is 54.9 Å². The second kappa shape index (κ2) is 11.1. The molecule has 1 aliphatic heterocycles. The predicted molar refractivity (Wildman–Crippen MR) is 131 cm³/mol. The molecule has 174 valence electrons. The van der Waals surface area contributed by atoms with Gasteiger partial charge >= 0.3 is 0 Å². The Kier molecular flexibility index (Phi) is 7.74. The molecule has 0 amide bonds. The summed E-state index contributed by atoms with van der Waals surface area (Å²) in [6.45, 7) is 7.33. The number of hydrogen-bond acceptors (Lipinski definition) is 4. The maximum Gasteiger partial charge on any atom is 0.123 e. The monoisotopic (exact) mass is 456 g/mol. The molecule has 1 aliphatic rings. The van der Waals surface area contributed by atoms with Crippen molar-refractivity contribution >= 4 is 0 Å². The number of benzene rings is 3. The van der Waals surface area contributed by atoms with Crippen molar-refractivity contribution in [2.45, 2.75) is 25.0 Å². The second-order valence-corrected chi connectivity index (χ2v) is 8.46. The van der Waals surface area contributed by atoms with Gasteiger partial charge in [0.15, 0.2) is 0 Å². The summed E-state index contributed by atoms with van der Waals surface area (Å²) in [4.78, 5) is 2.31. The smallest absolute Gasteiger partial charge is 0.123 e. The minimum Gasteiger partial charge on any atom is -0.492 e. The molecule has 0 aliphatic carbocycles. The Labute approximate surface area is 200 Å². The van der Waals surface area contributed by atoms with Gasteiger partial charge in [-0.25, -0.2) is 4.39 Å². The molecule has 0 aromatic heterocycles. The van der Waals surface area contributed by atoms with E-state index in [9.17, 15) is 9.65 Å². The lowest BCUT2D eigenvalue weighted by Crippen LogP contribution is -2.32. The Balaban J connectivity index is 1.46. The van der Waals surface area contributed by atoms with Crippen LogP contribution in [0.5, 0.6) is 5.75 Å². The van der Waals surface area contributed by atoms with Crippen molar-refractivity contribution in [2.24, 2.45) is 0 Å². The van der Waals surface area contributed by atoms with Crippen LogP contribution in [0.1, 0.15) is 35.1 Å². The van der Waals surface area contributed by atoms with Gasteiger partial charge in [-0.15, -0.1) is 6.58 Å². The van der Waals surface area contributed by atoms with Crippen molar-refractivity contribution in [3.8, 4) is 11.8 Å². The molecule has 4 nitrogen and oxygen atoms in total. The number of rotatable bonds is 11. The largest absolute Gasteiger partial charge is 0.492 e. The van der Waals surface area contributed by atoms with E-state index in [1.54, 1.807) is 12.1 Å². The van der Waals surface area contributed by atoms with Gasteiger partial charge in [0.2, 0.25) is 0 Å². The van der Waals surface area contributed by atoms with E-state index in [1.807, 2.05) is 54.6 Å². The third-order valence-corrected chi connectivity index (χ3v) is 6.26. The third kappa shape index (κ3) is 5.36. The molecule has 0 radical (unpaired) electrons. The maximum absolute atomic E-state index is 13.7. The van der Waals surface area contributed by atoms with Crippen molar-refractivity contribution in [1.29, 1.82) is 5.26 Å². The fourth-order valence-corrected chi connectivity index (χ4v) is 4.60. The van der Waals surface area contributed by atoms with Gasteiger partial charge in [0.05, 0.1) is 18.2 Å². The predicted octanol–water partition coefficient (Wildman–Crippen LogP) is 5.82. The lowest BCUT2D eigenvalue weighted by atomic mass is 9.81. The van der Waals surface area contributed by atoms with E-state index in [0.29, 0.717) is 18.8 Å². The third-order valence-electron chi connectivity index (χ3n) is 6.26. The van der Waals surface area contributed by atoms with Crippen molar-refractivity contribution in [2.75, 3.05) is 26.2 Å². The van der Waals surface area contributed by atoms with Crippen LogP contribution >= 0.6 is 0 Å². The second-order valence-electron chi connectivity index (χ2n) is 8.46. The van der Waals surface area contributed by atoms with Crippen LogP contribution in [0.3, 0.4) is 0 Å². The van der Waals surface area contributed by atoms with E-state index in [4.69, 9.17) is 9.47 Å². The molecule has 0 bridgehead atoms. The molecule has 0 saturated carbocycles. The Hall–Kier alpha value is -3.46. The number of nitrogens with zero attached hydrogens (tertiary/aromatic N) is 2. The SMILES string of the molecule is C=CCN(CCCC1(c2ccc(F)cc2)OCc2cc(C#N)ccc21)CCOc1ccccc1. The number of nitriles is 1. The molecule has 5 heteroatoms. The first-order chi connectivity index (χ1) is 16.6. The van der Waals surface area contributed by atoms with Crippen LogP contribution in [0, 0.1) is 17.1 Å². The van der Waals surface area contributed by atoms with Gasteiger partial charge in [0.25, 0.3) is 0 Å². The van der Waals surface area contributed by atoms with E-state index in [1.165, 1.54) is 12.1 Å². The minimum absolute atomic E-state index is 0.271. The zero-order valence-corrected chi connectivity index (χ0v) is 19.3. The Morgan fingerprint density at radius 3 is 2.62 bits per heavy atom. The standard InChI is InChI=1S/C29H29FN2O2/c1-2-16-32(18-19-33-27-7-4-3-5-8-27)17-6-15-29(25-10-12-26(30)13-11-25)28-14-9-23(21-31)20-24(28)22-34-29/h2-5,7-14,20H,1,6,15-19,22H2. The summed E-state index contributed by atoms with van der Waals surface area (Å²) in [5.41, 5.74) is 2.97. The lowest BCUT2D eigenvalue weighted by Gasteiger charge is -2.32. The highest BCUT2D eigenvalue weighted by Crippen LogP contribution is 2.45. The van der Waals surface area contributed by atoms with Gasteiger partial charge in [-0.3, -0.25) is 4.90 Å². The van der Waals surface area contributed by atoms with Gasteiger partial charge in [-0.2, -0.15) is 5.26 Å². The fraction of sp³-hybridized carbons (Fsp3) is 0.276. The molecular formula is C29H29FN2O2. The average Bonchev–Trinajstić information content (AvgIpc) is 3.24. The molecule has 3 aromatic rings. The van der Waals surface area contributed by atoms with Crippen molar-refractivity contribution in [3.05, 3.63) is 114 Å². The van der Waals surface area contributed by atoms with Gasteiger partial charge in [-0.05, 0) is 72.5 Å². The fourth-order valence-electron chi connectivity index (χ4n) is 4.60. The lowest BCUT2D eigenvalue weighted by molar-refractivity contribution is -0.0145. The molecule has 0 saturated heterocycles.